The number of benzene rings is 1. The zero-order chi connectivity index (χ0) is 17.6. The van der Waals surface area contributed by atoms with E-state index in [-0.39, 0.29) is 17.3 Å². The first-order chi connectivity index (χ1) is 12.1. The second-order valence-corrected chi connectivity index (χ2v) is 6.71. The van der Waals surface area contributed by atoms with Crippen LogP contribution in [0.25, 0.3) is 6.08 Å². The molecule has 1 fully saturated rings. The summed E-state index contributed by atoms with van der Waals surface area (Å²) in [5.74, 6) is 0.417. The summed E-state index contributed by atoms with van der Waals surface area (Å²) in [6.07, 6.45) is 8.69. The van der Waals surface area contributed by atoms with Gasteiger partial charge in [0, 0.05) is 19.2 Å². The van der Waals surface area contributed by atoms with E-state index in [0.717, 1.165) is 36.0 Å². The predicted molar refractivity (Wildman–Crippen MR) is 99.7 cm³/mol. The molecule has 2 aliphatic rings. The molecule has 0 saturated carbocycles. The fourth-order valence-electron chi connectivity index (χ4n) is 2.45. The van der Waals surface area contributed by atoms with Gasteiger partial charge in [-0.25, -0.2) is 0 Å². The Morgan fingerprint density at radius 2 is 2.16 bits per heavy atom. The molecule has 2 aliphatic heterocycles. The number of ether oxygens (including phenoxy) is 1. The Hall–Kier alpha value is -2.38. The number of nitrogens with zero attached hydrogens (tertiary/aromatic N) is 2. The molecule has 1 N–H and O–H groups in total. The lowest BCUT2D eigenvalue weighted by molar-refractivity contribution is -0.115. The monoisotopic (exact) mass is 357 g/mol. The molecule has 7 heteroatoms. The van der Waals surface area contributed by atoms with Crippen LogP contribution in [0.1, 0.15) is 12.0 Å². The van der Waals surface area contributed by atoms with Gasteiger partial charge in [-0.2, -0.15) is 0 Å². The second kappa shape index (κ2) is 8.13. The minimum atomic E-state index is -0.349. The number of likely N-dealkylation sites (N-methyl/N-ethyl adjacent to an activating group) is 1. The SMILES string of the molecule is CN(CCOc1ccc(/C=C2\SC(=O)NC2=O)cc1)C1CC=CC=N1. The number of dihydropyridines is 1. The van der Waals surface area contributed by atoms with Gasteiger partial charge in [0.1, 0.15) is 18.5 Å². The van der Waals surface area contributed by atoms with Crippen LogP contribution in [0.4, 0.5) is 4.79 Å². The second-order valence-electron chi connectivity index (χ2n) is 5.69. The van der Waals surface area contributed by atoms with E-state index in [1.165, 1.54) is 0 Å². The fraction of sp³-hybridized carbons (Fsp3) is 0.278. The Morgan fingerprint density at radius 3 is 2.80 bits per heavy atom. The molecule has 1 aromatic rings. The van der Waals surface area contributed by atoms with Gasteiger partial charge in [0.2, 0.25) is 0 Å². The predicted octanol–water partition coefficient (Wildman–Crippen LogP) is 2.68. The molecule has 1 saturated heterocycles. The average Bonchev–Trinajstić information content (AvgIpc) is 2.94. The van der Waals surface area contributed by atoms with Crippen LogP contribution in [0.3, 0.4) is 0 Å². The van der Waals surface area contributed by atoms with Crippen LogP contribution in [0.5, 0.6) is 5.75 Å². The van der Waals surface area contributed by atoms with Gasteiger partial charge in [0.15, 0.2) is 0 Å². The van der Waals surface area contributed by atoms with E-state index in [2.05, 4.69) is 21.3 Å². The van der Waals surface area contributed by atoms with Crippen molar-refractivity contribution in [3.05, 3.63) is 46.9 Å². The molecule has 25 heavy (non-hydrogen) atoms. The number of nitrogens with one attached hydrogen (secondary N) is 1. The zero-order valence-electron chi connectivity index (χ0n) is 13.8. The summed E-state index contributed by atoms with van der Waals surface area (Å²) in [6.45, 7) is 1.35. The van der Waals surface area contributed by atoms with Gasteiger partial charge in [-0.05, 0) is 48.7 Å². The van der Waals surface area contributed by atoms with Crippen molar-refractivity contribution in [2.45, 2.75) is 12.6 Å². The number of imide groups is 1. The third-order valence-electron chi connectivity index (χ3n) is 3.87. The highest BCUT2D eigenvalue weighted by Crippen LogP contribution is 2.26. The van der Waals surface area contributed by atoms with Crippen molar-refractivity contribution in [1.82, 2.24) is 10.2 Å². The van der Waals surface area contributed by atoms with Gasteiger partial charge in [0.05, 0.1) is 4.91 Å². The Kier molecular flexibility index (Phi) is 5.67. The molecule has 3 rings (SSSR count). The van der Waals surface area contributed by atoms with Gasteiger partial charge in [-0.3, -0.25) is 24.8 Å². The number of amides is 2. The quantitative estimate of drug-likeness (QED) is 0.793. The molecule has 0 bridgehead atoms. The van der Waals surface area contributed by atoms with Crippen molar-refractivity contribution in [2.75, 3.05) is 20.2 Å². The summed E-state index contributed by atoms with van der Waals surface area (Å²) < 4.78 is 5.76. The maximum Gasteiger partial charge on any atom is 0.290 e. The van der Waals surface area contributed by atoms with Gasteiger partial charge >= 0.3 is 0 Å². The first kappa shape index (κ1) is 17.4. The van der Waals surface area contributed by atoms with Gasteiger partial charge in [0.25, 0.3) is 11.1 Å². The Balaban J connectivity index is 1.49. The van der Waals surface area contributed by atoms with E-state index in [1.54, 1.807) is 6.08 Å². The van der Waals surface area contributed by atoms with E-state index in [9.17, 15) is 9.59 Å². The zero-order valence-corrected chi connectivity index (χ0v) is 14.7. The van der Waals surface area contributed by atoms with Crippen molar-refractivity contribution in [1.29, 1.82) is 0 Å². The van der Waals surface area contributed by atoms with Crippen molar-refractivity contribution < 1.29 is 14.3 Å². The summed E-state index contributed by atoms with van der Waals surface area (Å²) in [4.78, 5) is 29.7. The highest BCUT2D eigenvalue weighted by Gasteiger charge is 2.24. The fourth-order valence-corrected chi connectivity index (χ4v) is 3.14. The maximum absolute atomic E-state index is 11.5. The summed E-state index contributed by atoms with van der Waals surface area (Å²) in [6, 6.07) is 7.43. The topological polar surface area (TPSA) is 71.0 Å². The Bertz CT molecular complexity index is 740. The molecule has 0 spiro atoms. The molecule has 0 radical (unpaired) electrons. The van der Waals surface area contributed by atoms with Crippen LogP contribution in [0, 0.1) is 0 Å². The van der Waals surface area contributed by atoms with Crippen LogP contribution in [0.15, 0.2) is 46.3 Å². The lowest BCUT2D eigenvalue weighted by Crippen LogP contribution is -2.34. The van der Waals surface area contributed by atoms with Crippen LogP contribution in [-0.4, -0.2) is 48.6 Å². The number of hydrogen-bond acceptors (Lipinski definition) is 6. The van der Waals surface area contributed by atoms with Gasteiger partial charge < -0.3 is 4.74 Å². The smallest absolute Gasteiger partial charge is 0.290 e. The largest absolute Gasteiger partial charge is 0.492 e. The van der Waals surface area contributed by atoms with E-state index >= 15 is 0 Å². The number of thioether (sulfide) groups is 1. The molecule has 0 aromatic heterocycles. The first-order valence-corrected chi connectivity index (χ1v) is 8.80. The van der Waals surface area contributed by atoms with Gasteiger partial charge in [-0.15, -0.1) is 0 Å². The average molecular weight is 357 g/mol. The van der Waals surface area contributed by atoms with E-state index in [1.807, 2.05) is 43.6 Å². The minimum Gasteiger partial charge on any atom is -0.492 e. The van der Waals surface area contributed by atoms with E-state index in [0.29, 0.717) is 11.5 Å². The van der Waals surface area contributed by atoms with Crippen LogP contribution in [0.2, 0.25) is 0 Å². The number of rotatable bonds is 6. The summed E-state index contributed by atoms with van der Waals surface area (Å²) in [5, 5.41) is 1.90. The number of aliphatic imine (C=N–C) groups is 1. The third-order valence-corrected chi connectivity index (χ3v) is 4.68. The number of carbonyl (C=O) groups excluding carboxylic acids is 2. The van der Waals surface area contributed by atoms with E-state index in [4.69, 9.17) is 4.74 Å². The first-order valence-electron chi connectivity index (χ1n) is 7.98. The van der Waals surface area contributed by atoms with E-state index < -0.39 is 0 Å². The minimum absolute atomic E-state index is 0.181. The molecule has 6 nitrogen and oxygen atoms in total. The van der Waals surface area contributed by atoms with Crippen LogP contribution < -0.4 is 10.1 Å². The third kappa shape index (κ3) is 4.80. The molecule has 1 aromatic carbocycles. The molecule has 2 heterocycles. The van der Waals surface area contributed by atoms with Crippen molar-refractivity contribution in [3.63, 3.8) is 0 Å². The molecule has 0 aliphatic carbocycles. The number of carbonyl (C=O) groups is 2. The standard InChI is InChI=1S/C18H19N3O3S/c1-21(16-4-2-3-9-19-16)10-11-24-14-7-5-13(6-8-14)12-15-17(22)20-18(23)25-15/h2-3,5-9,12,16H,4,10-11H2,1H3,(H,20,22,23)/b15-12-. The Labute approximate surface area is 150 Å². The molecule has 130 valence electrons. The molecule has 1 atom stereocenters. The number of hydrogen-bond donors (Lipinski definition) is 1. The summed E-state index contributed by atoms with van der Waals surface area (Å²) in [5.41, 5.74) is 0.847. The summed E-state index contributed by atoms with van der Waals surface area (Å²) in [7, 11) is 2.03. The highest BCUT2D eigenvalue weighted by atomic mass is 32.2. The van der Waals surface area contributed by atoms with Crippen molar-refractivity contribution >= 4 is 35.2 Å². The molecular formula is C18H19N3O3S. The molecular weight excluding hydrogens is 338 g/mol. The van der Waals surface area contributed by atoms with Crippen molar-refractivity contribution in [3.8, 4) is 5.75 Å². The van der Waals surface area contributed by atoms with Crippen LogP contribution in [-0.2, 0) is 4.79 Å². The van der Waals surface area contributed by atoms with Crippen LogP contribution >= 0.6 is 11.8 Å². The normalized spacial score (nSPS) is 21.2. The molecule has 2 amide bonds. The molecule has 1 unspecified atom stereocenters. The highest BCUT2D eigenvalue weighted by molar-refractivity contribution is 8.18. The van der Waals surface area contributed by atoms with Gasteiger partial charge in [-0.1, -0.05) is 18.2 Å². The maximum atomic E-state index is 11.5. The lowest BCUT2D eigenvalue weighted by Gasteiger charge is -2.24. The Morgan fingerprint density at radius 1 is 1.36 bits per heavy atom. The summed E-state index contributed by atoms with van der Waals surface area (Å²) >= 11 is 0.912. The lowest BCUT2D eigenvalue weighted by atomic mass is 10.2. The number of allylic oxidation sites excluding steroid dienone is 1. The van der Waals surface area contributed by atoms with Crippen molar-refractivity contribution in [2.24, 2.45) is 4.99 Å².